The first kappa shape index (κ1) is 13.0. The van der Waals surface area contributed by atoms with Gasteiger partial charge in [-0.05, 0) is 30.3 Å². The Labute approximate surface area is 112 Å². The summed E-state index contributed by atoms with van der Waals surface area (Å²) in [6, 6.07) is 14.3. The van der Waals surface area contributed by atoms with Crippen LogP contribution >= 0.6 is 0 Å². The van der Waals surface area contributed by atoms with Crippen LogP contribution in [0.25, 0.3) is 0 Å². The van der Waals surface area contributed by atoms with E-state index in [1.54, 1.807) is 44.5 Å². The fourth-order valence-corrected chi connectivity index (χ4v) is 1.85. The molecule has 0 bridgehead atoms. The highest BCUT2D eigenvalue weighted by Crippen LogP contribution is 2.23. The molecule has 0 radical (unpaired) electrons. The van der Waals surface area contributed by atoms with E-state index in [9.17, 15) is 4.79 Å². The number of nitrogens with two attached hydrogens (primary N) is 1. The molecule has 0 fully saturated rings. The number of methoxy groups -OCH3 is 1. The van der Waals surface area contributed by atoms with Gasteiger partial charge >= 0.3 is 0 Å². The molecule has 1 amide bonds. The minimum Gasteiger partial charge on any atom is -0.497 e. The van der Waals surface area contributed by atoms with Crippen LogP contribution in [0.1, 0.15) is 10.4 Å². The Morgan fingerprint density at radius 3 is 2.58 bits per heavy atom. The number of carbonyl (C=O) groups is 1. The molecule has 2 rings (SSSR count). The second kappa shape index (κ2) is 5.44. The number of ether oxygens (including phenoxy) is 1. The maximum atomic E-state index is 12.4. The van der Waals surface area contributed by atoms with Crippen molar-refractivity contribution in [3.63, 3.8) is 0 Å². The van der Waals surface area contributed by atoms with Gasteiger partial charge in [0.05, 0.1) is 18.5 Å². The van der Waals surface area contributed by atoms with E-state index >= 15 is 0 Å². The summed E-state index contributed by atoms with van der Waals surface area (Å²) < 4.78 is 5.12. The Hall–Kier alpha value is -2.49. The smallest absolute Gasteiger partial charge is 0.258 e. The molecule has 0 atom stereocenters. The molecule has 0 heterocycles. The standard InChI is InChI=1S/C15H16N2O2/c1-17(14-9-4-3-8-13(14)16)15(18)11-6-5-7-12(10-11)19-2/h3-10H,16H2,1-2H3. The van der Waals surface area contributed by atoms with E-state index < -0.39 is 0 Å². The van der Waals surface area contributed by atoms with Gasteiger partial charge in [0.2, 0.25) is 0 Å². The van der Waals surface area contributed by atoms with Gasteiger partial charge in [0.1, 0.15) is 5.75 Å². The molecule has 2 aromatic carbocycles. The molecule has 0 aromatic heterocycles. The molecular weight excluding hydrogens is 240 g/mol. The molecular formula is C15H16N2O2. The Morgan fingerprint density at radius 2 is 1.89 bits per heavy atom. The van der Waals surface area contributed by atoms with Crippen molar-refractivity contribution >= 4 is 17.3 Å². The summed E-state index contributed by atoms with van der Waals surface area (Å²) in [4.78, 5) is 13.9. The SMILES string of the molecule is COc1cccc(C(=O)N(C)c2ccccc2N)c1. The first-order valence-corrected chi connectivity index (χ1v) is 5.90. The number of carbonyl (C=O) groups excluding carboxylic acids is 1. The van der Waals surface area contributed by atoms with Crippen molar-refractivity contribution in [3.05, 3.63) is 54.1 Å². The van der Waals surface area contributed by atoms with Gasteiger partial charge in [0.25, 0.3) is 5.91 Å². The minimum absolute atomic E-state index is 0.128. The topological polar surface area (TPSA) is 55.6 Å². The summed E-state index contributed by atoms with van der Waals surface area (Å²) in [6.07, 6.45) is 0. The van der Waals surface area contributed by atoms with Crippen LogP contribution in [0.2, 0.25) is 0 Å². The van der Waals surface area contributed by atoms with E-state index in [0.717, 1.165) is 0 Å². The summed E-state index contributed by atoms with van der Waals surface area (Å²) in [6.45, 7) is 0. The average Bonchev–Trinajstić information content (AvgIpc) is 2.46. The van der Waals surface area contributed by atoms with Crippen LogP contribution in [0, 0.1) is 0 Å². The van der Waals surface area contributed by atoms with E-state index in [-0.39, 0.29) is 5.91 Å². The zero-order valence-corrected chi connectivity index (χ0v) is 11.0. The van der Waals surface area contributed by atoms with Crippen LogP contribution in [-0.2, 0) is 0 Å². The molecule has 0 saturated carbocycles. The number of nitrogens with zero attached hydrogens (tertiary/aromatic N) is 1. The van der Waals surface area contributed by atoms with Crippen LogP contribution in [0.5, 0.6) is 5.75 Å². The number of amides is 1. The van der Waals surface area contributed by atoms with Gasteiger partial charge in [-0.3, -0.25) is 4.79 Å². The third-order valence-electron chi connectivity index (χ3n) is 2.92. The quantitative estimate of drug-likeness (QED) is 0.859. The van der Waals surface area contributed by atoms with E-state index in [1.165, 1.54) is 4.90 Å². The molecule has 4 nitrogen and oxygen atoms in total. The van der Waals surface area contributed by atoms with E-state index in [2.05, 4.69) is 0 Å². The fraction of sp³-hybridized carbons (Fsp3) is 0.133. The highest BCUT2D eigenvalue weighted by Gasteiger charge is 2.15. The molecule has 0 aliphatic heterocycles. The highest BCUT2D eigenvalue weighted by atomic mass is 16.5. The molecule has 0 saturated heterocycles. The monoisotopic (exact) mass is 256 g/mol. The first-order chi connectivity index (χ1) is 9.13. The molecule has 0 aliphatic carbocycles. The van der Waals surface area contributed by atoms with Gasteiger partial charge in [-0.2, -0.15) is 0 Å². The molecule has 98 valence electrons. The fourth-order valence-electron chi connectivity index (χ4n) is 1.85. The molecule has 0 aliphatic rings. The number of anilines is 2. The largest absolute Gasteiger partial charge is 0.497 e. The van der Waals surface area contributed by atoms with E-state index in [4.69, 9.17) is 10.5 Å². The van der Waals surface area contributed by atoms with Gasteiger partial charge in [-0.25, -0.2) is 0 Å². The predicted molar refractivity (Wildman–Crippen MR) is 76.6 cm³/mol. The minimum atomic E-state index is -0.128. The number of para-hydroxylation sites is 2. The third kappa shape index (κ3) is 2.68. The zero-order valence-electron chi connectivity index (χ0n) is 11.0. The Bertz CT molecular complexity index is 596. The van der Waals surface area contributed by atoms with Gasteiger partial charge in [0.15, 0.2) is 0 Å². The lowest BCUT2D eigenvalue weighted by Gasteiger charge is -2.19. The summed E-state index contributed by atoms with van der Waals surface area (Å²) in [5.74, 6) is 0.525. The van der Waals surface area contributed by atoms with Crippen molar-refractivity contribution in [1.29, 1.82) is 0 Å². The lowest BCUT2D eigenvalue weighted by molar-refractivity contribution is 0.0993. The predicted octanol–water partition coefficient (Wildman–Crippen LogP) is 2.55. The van der Waals surface area contributed by atoms with Crippen LogP contribution in [0.4, 0.5) is 11.4 Å². The van der Waals surface area contributed by atoms with Crippen LogP contribution in [-0.4, -0.2) is 20.1 Å². The number of nitrogen functional groups attached to an aromatic ring is 1. The third-order valence-corrected chi connectivity index (χ3v) is 2.92. The maximum Gasteiger partial charge on any atom is 0.258 e. The lowest BCUT2D eigenvalue weighted by atomic mass is 10.1. The summed E-state index contributed by atoms with van der Waals surface area (Å²) in [7, 11) is 3.27. The van der Waals surface area contributed by atoms with Crippen molar-refractivity contribution < 1.29 is 9.53 Å². The summed E-state index contributed by atoms with van der Waals surface area (Å²) in [5, 5.41) is 0. The molecule has 4 heteroatoms. The molecule has 19 heavy (non-hydrogen) atoms. The Kier molecular flexibility index (Phi) is 3.71. The Morgan fingerprint density at radius 1 is 1.16 bits per heavy atom. The summed E-state index contributed by atoms with van der Waals surface area (Å²) in [5.41, 5.74) is 7.70. The van der Waals surface area contributed by atoms with Gasteiger partial charge in [-0.15, -0.1) is 0 Å². The van der Waals surface area contributed by atoms with Gasteiger partial charge in [0, 0.05) is 12.6 Å². The molecule has 0 spiro atoms. The van der Waals surface area contributed by atoms with Crippen LogP contribution < -0.4 is 15.4 Å². The van der Waals surface area contributed by atoms with E-state index in [0.29, 0.717) is 22.7 Å². The van der Waals surface area contributed by atoms with Crippen LogP contribution in [0.15, 0.2) is 48.5 Å². The lowest BCUT2D eigenvalue weighted by Crippen LogP contribution is -2.26. The number of hydrogen-bond donors (Lipinski definition) is 1. The summed E-state index contributed by atoms with van der Waals surface area (Å²) >= 11 is 0. The van der Waals surface area contributed by atoms with E-state index in [1.807, 2.05) is 18.2 Å². The van der Waals surface area contributed by atoms with Crippen molar-refractivity contribution in [2.75, 3.05) is 24.8 Å². The average molecular weight is 256 g/mol. The van der Waals surface area contributed by atoms with Gasteiger partial charge in [-0.1, -0.05) is 18.2 Å². The van der Waals surface area contributed by atoms with Crippen molar-refractivity contribution in [3.8, 4) is 5.75 Å². The van der Waals surface area contributed by atoms with Gasteiger partial charge < -0.3 is 15.4 Å². The maximum absolute atomic E-state index is 12.4. The van der Waals surface area contributed by atoms with Crippen molar-refractivity contribution in [2.45, 2.75) is 0 Å². The number of rotatable bonds is 3. The van der Waals surface area contributed by atoms with Crippen molar-refractivity contribution in [2.24, 2.45) is 0 Å². The van der Waals surface area contributed by atoms with Crippen LogP contribution in [0.3, 0.4) is 0 Å². The first-order valence-electron chi connectivity index (χ1n) is 5.90. The Balaban J connectivity index is 2.31. The number of hydrogen-bond acceptors (Lipinski definition) is 3. The second-order valence-electron chi connectivity index (χ2n) is 4.15. The second-order valence-corrected chi connectivity index (χ2v) is 4.15. The van der Waals surface area contributed by atoms with Crippen molar-refractivity contribution in [1.82, 2.24) is 0 Å². The molecule has 2 N–H and O–H groups in total. The zero-order chi connectivity index (χ0) is 13.8. The normalized spacial score (nSPS) is 10.0. The molecule has 2 aromatic rings. The highest BCUT2D eigenvalue weighted by molar-refractivity contribution is 6.07. The molecule has 0 unspecified atom stereocenters. The number of benzene rings is 2.